The van der Waals surface area contributed by atoms with E-state index in [2.05, 4.69) is 0 Å². The molecule has 0 aliphatic rings. The Morgan fingerprint density at radius 2 is 2.18 bits per heavy atom. The molecule has 0 aliphatic carbocycles. The Morgan fingerprint density at radius 1 is 1.64 bits per heavy atom. The maximum absolute atomic E-state index is 10.5. The lowest BCUT2D eigenvalue weighted by molar-refractivity contribution is -0.136. The smallest absolute Gasteiger partial charge is 0.316 e. The molecule has 0 fully saturated rings. The van der Waals surface area contributed by atoms with Crippen LogP contribution in [0.15, 0.2) is 0 Å². The number of carbonyl (C=O) groups is 1. The molecule has 3 nitrogen and oxygen atoms in total. The zero-order valence-electron chi connectivity index (χ0n) is 6.91. The Balaban J connectivity index is 3.79. The minimum atomic E-state index is -0.755. The summed E-state index contributed by atoms with van der Waals surface area (Å²) < 4.78 is 0. The van der Waals surface area contributed by atoms with Crippen LogP contribution in [0, 0.1) is 0 Å². The van der Waals surface area contributed by atoms with E-state index >= 15 is 0 Å². The number of rotatable bonds is 5. The van der Waals surface area contributed by atoms with E-state index in [0.29, 0.717) is 18.2 Å². The number of carboxylic acids is 1. The van der Waals surface area contributed by atoms with Crippen LogP contribution in [0.1, 0.15) is 20.3 Å². The molecule has 0 aromatic rings. The van der Waals surface area contributed by atoms with E-state index in [9.17, 15) is 4.79 Å². The summed E-state index contributed by atoms with van der Waals surface area (Å²) in [5.41, 5.74) is 5.27. The van der Waals surface area contributed by atoms with Gasteiger partial charge in [-0.25, -0.2) is 0 Å². The average Bonchev–Trinajstić information content (AvgIpc) is 1.86. The molecule has 0 radical (unpaired) electrons. The van der Waals surface area contributed by atoms with E-state index in [-0.39, 0.29) is 5.25 Å². The summed E-state index contributed by atoms with van der Waals surface area (Å²) in [5, 5.41) is 8.69. The highest BCUT2D eigenvalue weighted by Crippen LogP contribution is 2.19. The zero-order valence-corrected chi connectivity index (χ0v) is 7.73. The van der Waals surface area contributed by atoms with Crippen molar-refractivity contribution >= 4 is 17.7 Å². The van der Waals surface area contributed by atoms with Gasteiger partial charge in [-0.05, 0) is 18.2 Å². The molecule has 0 saturated carbocycles. The van der Waals surface area contributed by atoms with Gasteiger partial charge in [0.05, 0.1) is 0 Å². The van der Waals surface area contributed by atoms with Crippen LogP contribution >= 0.6 is 11.8 Å². The molecule has 0 rings (SSSR count). The Hall–Kier alpha value is -0.220. The van der Waals surface area contributed by atoms with E-state index in [4.69, 9.17) is 10.8 Å². The van der Waals surface area contributed by atoms with E-state index < -0.39 is 5.97 Å². The van der Waals surface area contributed by atoms with Gasteiger partial charge in [-0.1, -0.05) is 13.8 Å². The molecular weight excluding hydrogens is 162 g/mol. The number of hydrogen-bond acceptors (Lipinski definition) is 3. The number of thioether (sulfide) groups is 1. The molecule has 1 atom stereocenters. The maximum atomic E-state index is 10.5. The van der Waals surface area contributed by atoms with Gasteiger partial charge in [-0.15, -0.1) is 11.8 Å². The molecule has 4 heteroatoms. The summed E-state index contributed by atoms with van der Waals surface area (Å²) in [6.07, 6.45) is 0.554. The first-order chi connectivity index (χ1) is 5.07. The maximum Gasteiger partial charge on any atom is 0.316 e. The Bertz CT molecular complexity index is 128. The van der Waals surface area contributed by atoms with Crippen LogP contribution in [-0.4, -0.2) is 28.1 Å². The Labute approximate surface area is 71.3 Å². The monoisotopic (exact) mass is 177 g/mol. The number of carboxylic acid groups (broad SMARTS) is 1. The van der Waals surface area contributed by atoms with Gasteiger partial charge in [-0.2, -0.15) is 0 Å². The molecule has 0 spiro atoms. The van der Waals surface area contributed by atoms with Gasteiger partial charge in [0.1, 0.15) is 5.25 Å². The molecule has 66 valence electrons. The first kappa shape index (κ1) is 10.8. The number of aliphatic carboxylic acids is 1. The second kappa shape index (κ2) is 5.43. The Kier molecular flexibility index (Phi) is 5.32. The molecule has 0 aliphatic heterocycles. The fraction of sp³-hybridized carbons (Fsp3) is 0.857. The molecule has 3 N–H and O–H groups in total. The summed E-state index contributed by atoms with van der Waals surface area (Å²) in [4.78, 5) is 10.5. The first-order valence-corrected chi connectivity index (χ1v) is 4.60. The second-order valence-corrected chi connectivity index (χ2v) is 4.37. The lowest BCUT2D eigenvalue weighted by atomic mass is 10.3. The highest BCUT2D eigenvalue weighted by molar-refractivity contribution is 8.01. The highest BCUT2D eigenvalue weighted by Gasteiger charge is 2.17. The van der Waals surface area contributed by atoms with Gasteiger partial charge < -0.3 is 10.8 Å². The van der Waals surface area contributed by atoms with Crippen LogP contribution in [0.2, 0.25) is 0 Å². The van der Waals surface area contributed by atoms with Gasteiger partial charge >= 0.3 is 5.97 Å². The van der Waals surface area contributed by atoms with Crippen molar-refractivity contribution in [3.63, 3.8) is 0 Å². The standard InChI is InChI=1S/C7H15NO2S/c1-5(2)11-6(3-4-8)7(9)10/h5-6H,3-4,8H2,1-2H3,(H,9,10). The fourth-order valence-corrected chi connectivity index (χ4v) is 1.78. The molecule has 1 unspecified atom stereocenters. The van der Waals surface area contributed by atoms with Crippen LogP contribution < -0.4 is 5.73 Å². The molecule has 11 heavy (non-hydrogen) atoms. The van der Waals surface area contributed by atoms with Gasteiger partial charge in [-0.3, -0.25) is 4.79 Å². The van der Waals surface area contributed by atoms with Crippen LogP contribution in [-0.2, 0) is 4.79 Å². The van der Waals surface area contributed by atoms with Crippen molar-refractivity contribution in [2.24, 2.45) is 5.73 Å². The fourth-order valence-electron chi connectivity index (χ4n) is 0.730. The van der Waals surface area contributed by atoms with Crippen LogP contribution in [0.5, 0.6) is 0 Å². The van der Waals surface area contributed by atoms with E-state index in [1.165, 1.54) is 11.8 Å². The molecule has 0 amide bonds. The summed E-state index contributed by atoms with van der Waals surface area (Å²) in [6.45, 7) is 4.41. The third-order valence-electron chi connectivity index (χ3n) is 1.14. The average molecular weight is 177 g/mol. The predicted molar refractivity (Wildman–Crippen MR) is 47.8 cm³/mol. The zero-order chi connectivity index (χ0) is 8.85. The molecular formula is C7H15NO2S. The van der Waals surface area contributed by atoms with Crippen LogP contribution in [0.25, 0.3) is 0 Å². The summed E-state index contributed by atoms with van der Waals surface area (Å²) >= 11 is 1.45. The van der Waals surface area contributed by atoms with Gasteiger partial charge in [0.2, 0.25) is 0 Å². The summed E-state index contributed by atoms with van der Waals surface area (Å²) in [5.74, 6) is -0.755. The lowest BCUT2D eigenvalue weighted by Gasteiger charge is -2.12. The van der Waals surface area contributed by atoms with Crippen molar-refractivity contribution in [2.45, 2.75) is 30.8 Å². The number of nitrogens with two attached hydrogens (primary N) is 1. The van der Waals surface area contributed by atoms with Crippen LogP contribution in [0.4, 0.5) is 0 Å². The van der Waals surface area contributed by atoms with Crippen molar-refractivity contribution in [2.75, 3.05) is 6.54 Å². The van der Waals surface area contributed by atoms with Gasteiger partial charge in [0.25, 0.3) is 0 Å². The number of hydrogen-bond donors (Lipinski definition) is 2. The van der Waals surface area contributed by atoms with Crippen molar-refractivity contribution < 1.29 is 9.90 Å². The lowest BCUT2D eigenvalue weighted by Crippen LogP contribution is -2.21. The van der Waals surface area contributed by atoms with Crippen molar-refractivity contribution in [1.29, 1.82) is 0 Å². The quantitative estimate of drug-likeness (QED) is 0.655. The second-order valence-electron chi connectivity index (χ2n) is 2.59. The third kappa shape index (κ3) is 5.09. The van der Waals surface area contributed by atoms with Gasteiger partial charge in [0.15, 0.2) is 0 Å². The molecule has 0 aromatic heterocycles. The molecule has 0 saturated heterocycles. The van der Waals surface area contributed by atoms with E-state index in [0.717, 1.165) is 0 Å². The Morgan fingerprint density at radius 3 is 2.45 bits per heavy atom. The third-order valence-corrected chi connectivity index (χ3v) is 2.45. The van der Waals surface area contributed by atoms with E-state index in [1.807, 2.05) is 13.8 Å². The minimum Gasteiger partial charge on any atom is -0.480 e. The SMILES string of the molecule is CC(C)SC(CCN)C(=O)O. The minimum absolute atomic E-state index is 0.333. The largest absolute Gasteiger partial charge is 0.480 e. The van der Waals surface area contributed by atoms with E-state index in [1.54, 1.807) is 0 Å². The van der Waals surface area contributed by atoms with Crippen LogP contribution in [0.3, 0.4) is 0 Å². The molecule has 0 bridgehead atoms. The first-order valence-electron chi connectivity index (χ1n) is 3.66. The van der Waals surface area contributed by atoms with Crippen molar-refractivity contribution in [3.8, 4) is 0 Å². The van der Waals surface area contributed by atoms with Crippen molar-refractivity contribution in [1.82, 2.24) is 0 Å². The molecule has 0 heterocycles. The highest BCUT2D eigenvalue weighted by atomic mass is 32.2. The normalized spacial score (nSPS) is 13.5. The topological polar surface area (TPSA) is 63.3 Å². The predicted octanol–water partition coefficient (Wildman–Crippen LogP) is 0.930. The van der Waals surface area contributed by atoms with Crippen molar-refractivity contribution in [3.05, 3.63) is 0 Å². The summed E-state index contributed by atoms with van der Waals surface area (Å²) in [7, 11) is 0. The molecule has 0 aromatic carbocycles. The van der Waals surface area contributed by atoms with Gasteiger partial charge in [0, 0.05) is 0 Å². The summed E-state index contributed by atoms with van der Waals surface area (Å²) in [6, 6.07) is 0.